The molecule has 0 radical (unpaired) electrons. The Morgan fingerprint density at radius 2 is 1.74 bits per heavy atom. The molecule has 5 heteroatoms. The fraction of sp³-hybridized carbons (Fsp3) is 0.0714. The van der Waals surface area contributed by atoms with Gasteiger partial charge in [-0.3, -0.25) is 5.43 Å². The van der Waals surface area contributed by atoms with Gasteiger partial charge in [-0.15, -0.1) is 0 Å². The third-order valence-corrected chi connectivity index (χ3v) is 3.30. The molecule has 0 amide bonds. The van der Waals surface area contributed by atoms with Crippen LogP contribution in [0.1, 0.15) is 12.5 Å². The standard InChI is InChI=1S/C14H12Cl2N2O/c1-9(10-2-5-12(19)6-3-10)17-18-11-4-7-13(15)14(16)8-11/h2-8,18-19H,1H3/b17-9+. The summed E-state index contributed by atoms with van der Waals surface area (Å²) in [7, 11) is 0. The number of nitrogens with zero attached hydrogens (tertiary/aromatic N) is 1. The molecule has 0 bridgehead atoms. The lowest BCUT2D eigenvalue weighted by atomic mass is 10.1. The van der Waals surface area contributed by atoms with E-state index < -0.39 is 0 Å². The molecule has 0 fully saturated rings. The molecule has 3 nitrogen and oxygen atoms in total. The number of hydrogen-bond acceptors (Lipinski definition) is 3. The van der Waals surface area contributed by atoms with Crippen molar-refractivity contribution in [1.29, 1.82) is 0 Å². The summed E-state index contributed by atoms with van der Waals surface area (Å²) in [6.45, 7) is 1.87. The highest BCUT2D eigenvalue weighted by atomic mass is 35.5. The van der Waals surface area contributed by atoms with Gasteiger partial charge in [0.1, 0.15) is 5.75 Å². The monoisotopic (exact) mass is 294 g/mol. The summed E-state index contributed by atoms with van der Waals surface area (Å²) in [5.41, 5.74) is 5.38. The Hall–Kier alpha value is -1.71. The predicted octanol–water partition coefficient (Wildman–Crippen LogP) is 4.54. The lowest BCUT2D eigenvalue weighted by Crippen LogP contribution is -1.99. The molecule has 2 aromatic rings. The third kappa shape index (κ3) is 3.63. The van der Waals surface area contributed by atoms with Gasteiger partial charge in [-0.05, 0) is 55.0 Å². The molecule has 19 heavy (non-hydrogen) atoms. The first-order valence-electron chi connectivity index (χ1n) is 5.61. The van der Waals surface area contributed by atoms with E-state index in [-0.39, 0.29) is 5.75 Å². The number of anilines is 1. The van der Waals surface area contributed by atoms with Crippen molar-refractivity contribution in [2.75, 3.05) is 5.43 Å². The molecule has 0 aliphatic carbocycles. The zero-order chi connectivity index (χ0) is 13.8. The smallest absolute Gasteiger partial charge is 0.115 e. The van der Waals surface area contributed by atoms with Crippen LogP contribution in [0.2, 0.25) is 10.0 Å². The van der Waals surface area contributed by atoms with Crippen LogP contribution in [0.3, 0.4) is 0 Å². The molecule has 2 N–H and O–H groups in total. The largest absolute Gasteiger partial charge is 0.508 e. The van der Waals surface area contributed by atoms with Gasteiger partial charge >= 0.3 is 0 Å². The van der Waals surface area contributed by atoms with E-state index >= 15 is 0 Å². The van der Waals surface area contributed by atoms with E-state index in [2.05, 4.69) is 10.5 Å². The van der Waals surface area contributed by atoms with Crippen molar-refractivity contribution in [2.45, 2.75) is 6.92 Å². The molecule has 2 aromatic carbocycles. The minimum atomic E-state index is 0.231. The number of phenols is 1. The molecule has 0 atom stereocenters. The number of hydrogen-bond donors (Lipinski definition) is 2. The van der Waals surface area contributed by atoms with Gasteiger partial charge in [-0.25, -0.2) is 0 Å². The van der Waals surface area contributed by atoms with Crippen LogP contribution in [0, 0.1) is 0 Å². The first-order chi connectivity index (χ1) is 9.06. The average molecular weight is 295 g/mol. The van der Waals surface area contributed by atoms with Crippen LogP contribution >= 0.6 is 23.2 Å². The maximum atomic E-state index is 9.22. The quantitative estimate of drug-likeness (QED) is 0.645. The summed E-state index contributed by atoms with van der Waals surface area (Å²) in [5.74, 6) is 0.231. The van der Waals surface area contributed by atoms with Crippen molar-refractivity contribution in [3.8, 4) is 5.75 Å². The molecule has 2 rings (SSSR count). The predicted molar refractivity (Wildman–Crippen MR) is 80.4 cm³/mol. The van der Waals surface area contributed by atoms with Crippen molar-refractivity contribution in [3.05, 3.63) is 58.1 Å². The second kappa shape index (κ2) is 5.95. The van der Waals surface area contributed by atoms with Crippen LogP contribution in [-0.4, -0.2) is 10.8 Å². The van der Waals surface area contributed by atoms with Crippen molar-refractivity contribution in [3.63, 3.8) is 0 Å². The molecule has 0 aliphatic rings. The lowest BCUT2D eigenvalue weighted by molar-refractivity contribution is 0.475. The molecular formula is C14H12Cl2N2O. The molecule has 0 aliphatic heterocycles. The van der Waals surface area contributed by atoms with Crippen molar-refractivity contribution >= 4 is 34.6 Å². The molecule has 0 heterocycles. The summed E-state index contributed by atoms with van der Waals surface area (Å²) in [6.07, 6.45) is 0. The van der Waals surface area contributed by atoms with Gasteiger partial charge < -0.3 is 5.11 Å². The minimum Gasteiger partial charge on any atom is -0.508 e. The van der Waals surface area contributed by atoms with E-state index in [9.17, 15) is 5.11 Å². The fourth-order valence-corrected chi connectivity index (χ4v) is 1.78. The maximum absolute atomic E-state index is 9.22. The van der Waals surface area contributed by atoms with Crippen LogP contribution in [-0.2, 0) is 0 Å². The first kappa shape index (κ1) is 13.7. The zero-order valence-electron chi connectivity index (χ0n) is 10.2. The number of halogens is 2. The first-order valence-corrected chi connectivity index (χ1v) is 6.36. The Bertz CT molecular complexity index is 609. The fourth-order valence-electron chi connectivity index (χ4n) is 1.48. The second-order valence-electron chi connectivity index (χ2n) is 3.98. The number of rotatable bonds is 3. The SMILES string of the molecule is C/C(=N\Nc1ccc(Cl)c(Cl)c1)c1ccc(O)cc1. The Balaban J connectivity index is 2.13. The van der Waals surface area contributed by atoms with Crippen LogP contribution in [0.25, 0.3) is 0 Å². The highest BCUT2D eigenvalue weighted by molar-refractivity contribution is 6.42. The van der Waals surface area contributed by atoms with Crippen LogP contribution < -0.4 is 5.43 Å². The van der Waals surface area contributed by atoms with Crippen LogP contribution in [0.4, 0.5) is 5.69 Å². The second-order valence-corrected chi connectivity index (χ2v) is 4.80. The lowest BCUT2D eigenvalue weighted by Gasteiger charge is -2.05. The summed E-state index contributed by atoms with van der Waals surface area (Å²) < 4.78 is 0. The van der Waals surface area contributed by atoms with Crippen molar-refractivity contribution in [1.82, 2.24) is 0 Å². The molecule has 98 valence electrons. The number of benzene rings is 2. The average Bonchev–Trinajstić information content (AvgIpc) is 2.40. The molecule has 0 aromatic heterocycles. The Labute approximate surface area is 121 Å². The number of nitrogens with one attached hydrogen (secondary N) is 1. The van der Waals surface area contributed by atoms with Gasteiger partial charge in [0.15, 0.2) is 0 Å². The number of hydrazone groups is 1. The summed E-state index contributed by atoms with van der Waals surface area (Å²) >= 11 is 11.8. The highest BCUT2D eigenvalue weighted by Crippen LogP contribution is 2.25. The van der Waals surface area contributed by atoms with E-state index in [1.54, 1.807) is 42.5 Å². The maximum Gasteiger partial charge on any atom is 0.115 e. The van der Waals surface area contributed by atoms with Crippen LogP contribution in [0.5, 0.6) is 5.75 Å². The van der Waals surface area contributed by atoms with Crippen molar-refractivity contribution < 1.29 is 5.11 Å². The molecule has 0 saturated heterocycles. The Kier molecular flexibility index (Phi) is 4.30. The van der Waals surface area contributed by atoms with Gasteiger partial charge in [0.2, 0.25) is 0 Å². The zero-order valence-corrected chi connectivity index (χ0v) is 11.7. The van der Waals surface area contributed by atoms with Gasteiger partial charge in [-0.2, -0.15) is 5.10 Å². The molecule has 0 saturated carbocycles. The van der Waals surface area contributed by atoms with E-state index in [0.29, 0.717) is 10.0 Å². The Morgan fingerprint density at radius 3 is 2.37 bits per heavy atom. The van der Waals surface area contributed by atoms with E-state index in [1.807, 2.05) is 6.92 Å². The van der Waals surface area contributed by atoms with Crippen LogP contribution in [0.15, 0.2) is 47.6 Å². The summed E-state index contributed by atoms with van der Waals surface area (Å²) in [4.78, 5) is 0. The number of aromatic hydroxyl groups is 1. The van der Waals surface area contributed by atoms with Gasteiger partial charge in [0, 0.05) is 0 Å². The third-order valence-electron chi connectivity index (χ3n) is 2.56. The normalized spacial score (nSPS) is 11.4. The van der Waals surface area contributed by atoms with Gasteiger partial charge in [-0.1, -0.05) is 23.2 Å². The van der Waals surface area contributed by atoms with E-state index in [0.717, 1.165) is 17.0 Å². The highest BCUT2D eigenvalue weighted by Gasteiger charge is 2.00. The number of phenolic OH excluding ortho intramolecular Hbond substituents is 1. The Morgan fingerprint density at radius 1 is 1.05 bits per heavy atom. The molecular weight excluding hydrogens is 283 g/mol. The van der Waals surface area contributed by atoms with E-state index in [4.69, 9.17) is 23.2 Å². The summed E-state index contributed by atoms with van der Waals surface area (Å²) in [5, 5.41) is 14.5. The van der Waals surface area contributed by atoms with Crippen molar-refractivity contribution in [2.24, 2.45) is 5.10 Å². The minimum absolute atomic E-state index is 0.231. The topological polar surface area (TPSA) is 44.6 Å². The van der Waals surface area contributed by atoms with E-state index in [1.165, 1.54) is 0 Å². The van der Waals surface area contributed by atoms with Gasteiger partial charge in [0.05, 0.1) is 21.4 Å². The molecule has 0 unspecified atom stereocenters. The van der Waals surface area contributed by atoms with Gasteiger partial charge in [0.25, 0.3) is 0 Å². The molecule has 0 spiro atoms. The summed E-state index contributed by atoms with van der Waals surface area (Å²) in [6, 6.07) is 12.0.